The molecule has 0 heterocycles. The van der Waals surface area contributed by atoms with Gasteiger partial charge >= 0.3 is 0 Å². The van der Waals surface area contributed by atoms with Crippen LogP contribution in [0.3, 0.4) is 0 Å². The fourth-order valence-corrected chi connectivity index (χ4v) is 1.62. The van der Waals surface area contributed by atoms with E-state index in [4.69, 9.17) is 26.9 Å². The molecule has 0 aliphatic heterocycles. The van der Waals surface area contributed by atoms with Crippen LogP contribution >= 0.6 is 11.6 Å². The molecule has 0 aliphatic rings. The Morgan fingerprint density at radius 3 is 2.37 bits per heavy atom. The van der Waals surface area contributed by atoms with Gasteiger partial charge in [-0.3, -0.25) is 0 Å². The molecule has 0 radical (unpaired) electrons. The molecular formula is C14H6ClFN2O. The molecule has 2 aromatic rings. The molecule has 3 nitrogen and oxygen atoms in total. The smallest absolute Gasteiger partial charge is 0.167 e. The summed E-state index contributed by atoms with van der Waals surface area (Å²) < 4.78 is 19.0. The summed E-state index contributed by atoms with van der Waals surface area (Å²) in [5.41, 5.74) is 0.401. The minimum Gasteiger partial charge on any atom is -0.453 e. The summed E-state index contributed by atoms with van der Waals surface area (Å²) in [7, 11) is 0. The Labute approximate surface area is 114 Å². The predicted molar refractivity (Wildman–Crippen MR) is 67.4 cm³/mol. The van der Waals surface area contributed by atoms with Gasteiger partial charge in [-0.1, -0.05) is 11.6 Å². The summed E-state index contributed by atoms with van der Waals surface area (Å²) in [4.78, 5) is 0. The Balaban J connectivity index is 2.37. The van der Waals surface area contributed by atoms with Crippen LogP contribution in [0.4, 0.5) is 4.39 Å². The normalized spacial score (nSPS) is 9.47. The van der Waals surface area contributed by atoms with Crippen LogP contribution < -0.4 is 4.74 Å². The second kappa shape index (κ2) is 5.39. The standard InChI is InChI=1S/C14H6ClFN2O/c15-11-2-4-13(10(6-11)8-18)19-14-3-1-9(7-17)5-12(14)16/h1-6H. The molecule has 2 rings (SSSR count). The molecule has 2 aromatic carbocycles. The van der Waals surface area contributed by atoms with Crippen LogP contribution in [0.2, 0.25) is 5.02 Å². The van der Waals surface area contributed by atoms with E-state index in [1.165, 1.54) is 24.3 Å². The van der Waals surface area contributed by atoms with Gasteiger partial charge in [0.05, 0.1) is 17.2 Å². The zero-order valence-corrected chi connectivity index (χ0v) is 10.3. The molecule has 0 atom stereocenters. The molecule has 0 amide bonds. The minimum atomic E-state index is -0.669. The van der Waals surface area contributed by atoms with E-state index in [0.29, 0.717) is 5.02 Å². The lowest BCUT2D eigenvalue weighted by Gasteiger charge is -2.08. The van der Waals surface area contributed by atoms with E-state index in [9.17, 15) is 4.39 Å². The fraction of sp³-hybridized carbons (Fsp3) is 0. The first-order valence-corrected chi connectivity index (χ1v) is 5.59. The molecule has 92 valence electrons. The van der Waals surface area contributed by atoms with Crippen molar-refractivity contribution in [2.45, 2.75) is 0 Å². The van der Waals surface area contributed by atoms with Gasteiger partial charge in [0, 0.05) is 5.02 Å². The summed E-state index contributed by atoms with van der Waals surface area (Å²) in [6, 6.07) is 12.0. The van der Waals surface area contributed by atoms with Gasteiger partial charge in [-0.2, -0.15) is 10.5 Å². The minimum absolute atomic E-state index is 0.0576. The maximum absolute atomic E-state index is 13.7. The molecule has 0 aromatic heterocycles. The molecular weight excluding hydrogens is 267 g/mol. The highest BCUT2D eigenvalue weighted by molar-refractivity contribution is 6.30. The molecule has 0 aliphatic carbocycles. The first kappa shape index (κ1) is 12.9. The average molecular weight is 273 g/mol. The van der Waals surface area contributed by atoms with Gasteiger partial charge < -0.3 is 4.74 Å². The van der Waals surface area contributed by atoms with E-state index in [2.05, 4.69) is 0 Å². The summed E-state index contributed by atoms with van der Waals surface area (Å²) in [5, 5.41) is 18.0. The summed E-state index contributed by atoms with van der Waals surface area (Å²) >= 11 is 5.75. The number of benzene rings is 2. The number of hydrogen-bond donors (Lipinski definition) is 0. The number of nitrogens with zero attached hydrogens (tertiary/aromatic N) is 2. The average Bonchev–Trinajstić information content (AvgIpc) is 2.42. The van der Waals surface area contributed by atoms with Crippen LogP contribution in [0, 0.1) is 28.5 Å². The lowest BCUT2D eigenvalue weighted by atomic mass is 10.2. The van der Waals surface area contributed by atoms with Gasteiger partial charge in [-0.15, -0.1) is 0 Å². The molecule has 0 bridgehead atoms. The zero-order valence-electron chi connectivity index (χ0n) is 9.52. The lowest BCUT2D eigenvalue weighted by Crippen LogP contribution is -1.92. The van der Waals surface area contributed by atoms with Crippen molar-refractivity contribution in [1.82, 2.24) is 0 Å². The Morgan fingerprint density at radius 2 is 1.74 bits per heavy atom. The van der Waals surface area contributed by atoms with Crippen molar-refractivity contribution in [3.8, 4) is 23.6 Å². The van der Waals surface area contributed by atoms with Crippen molar-refractivity contribution >= 4 is 11.6 Å². The highest BCUT2D eigenvalue weighted by atomic mass is 35.5. The quantitative estimate of drug-likeness (QED) is 0.830. The van der Waals surface area contributed by atoms with Gasteiger partial charge in [0.1, 0.15) is 11.8 Å². The molecule has 0 spiro atoms. The second-order valence-corrected chi connectivity index (χ2v) is 4.05. The van der Waals surface area contributed by atoms with Crippen LogP contribution in [-0.4, -0.2) is 0 Å². The number of rotatable bonds is 2. The Kier molecular flexibility index (Phi) is 3.66. The fourth-order valence-electron chi connectivity index (χ4n) is 1.45. The van der Waals surface area contributed by atoms with Crippen LogP contribution in [0.5, 0.6) is 11.5 Å². The maximum atomic E-state index is 13.7. The SMILES string of the molecule is N#Cc1ccc(Oc2ccc(Cl)cc2C#N)c(F)c1. The Bertz CT molecular complexity index is 716. The number of hydrogen-bond acceptors (Lipinski definition) is 3. The number of halogens is 2. The molecule has 19 heavy (non-hydrogen) atoms. The highest BCUT2D eigenvalue weighted by Crippen LogP contribution is 2.29. The third-order valence-corrected chi connectivity index (χ3v) is 2.58. The van der Waals surface area contributed by atoms with Crippen molar-refractivity contribution in [2.75, 3.05) is 0 Å². The molecule has 0 saturated heterocycles. The van der Waals surface area contributed by atoms with Crippen LogP contribution in [0.25, 0.3) is 0 Å². The van der Waals surface area contributed by atoms with Crippen LogP contribution in [0.1, 0.15) is 11.1 Å². The van der Waals surface area contributed by atoms with Gasteiger partial charge in [-0.25, -0.2) is 4.39 Å². The van der Waals surface area contributed by atoms with Gasteiger partial charge in [0.15, 0.2) is 11.6 Å². The summed E-state index contributed by atoms with van der Waals surface area (Å²) in [6.07, 6.45) is 0. The van der Waals surface area contributed by atoms with E-state index in [0.717, 1.165) is 6.07 Å². The molecule has 0 unspecified atom stereocenters. The van der Waals surface area contributed by atoms with Crippen molar-refractivity contribution < 1.29 is 9.13 Å². The lowest BCUT2D eigenvalue weighted by molar-refractivity contribution is 0.441. The highest BCUT2D eigenvalue weighted by Gasteiger charge is 2.09. The van der Waals surface area contributed by atoms with Crippen LogP contribution in [0.15, 0.2) is 36.4 Å². The summed E-state index contributed by atoms with van der Waals surface area (Å²) in [6.45, 7) is 0. The van der Waals surface area contributed by atoms with Gasteiger partial charge in [-0.05, 0) is 36.4 Å². The summed E-state index contributed by atoms with van der Waals surface area (Å²) in [5.74, 6) is -0.522. The van der Waals surface area contributed by atoms with E-state index < -0.39 is 5.82 Å². The van der Waals surface area contributed by atoms with Gasteiger partial charge in [0.2, 0.25) is 0 Å². The maximum Gasteiger partial charge on any atom is 0.167 e. The second-order valence-electron chi connectivity index (χ2n) is 3.61. The van der Waals surface area contributed by atoms with Crippen molar-refractivity contribution in [2.24, 2.45) is 0 Å². The number of nitriles is 2. The van der Waals surface area contributed by atoms with Crippen LogP contribution in [-0.2, 0) is 0 Å². The van der Waals surface area contributed by atoms with Crippen molar-refractivity contribution in [1.29, 1.82) is 10.5 Å². The third-order valence-electron chi connectivity index (χ3n) is 2.34. The van der Waals surface area contributed by atoms with E-state index in [-0.39, 0.29) is 22.6 Å². The topological polar surface area (TPSA) is 56.8 Å². The van der Waals surface area contributed by atoms with Crippen molar-refractivity contribution in [3.05, 3.63) is 58.4 Å². The van der Waals surface area contributed by atoms with E-state index >= 15 is 0 Å². The van der Waals surface area contributed by atoms with E-state index in [1.54, 1.807) is 6.07 Å². The van der Waals surface area contributed by atoms with Gasteiger partial charge in [0.25, 0.3) is 0 Å². The monoisotopic (exact) mass is 272 g/mol. The van der Waals surface area contributed by atoms with Crippen molar-refractivity contribution in [3.63, 3.8) is 0 Å². The molecule has 5 heteroatoms. The Morgan fingerprint density at radius 1 is 1.00 bits per heavy atom. The Hall–Kier alpha value is -2.56. The third kappa shape index (κ3) is 2.82. The first-order chi connectivity index (χ1) is 9.13. The molecule has 0 saturated carbocycles. The predicted octanol–water partition coefficient (Wildman–Crippen LogP) is 4.01. The molecule has 0 fully saturated rings. The number of ether oxygens (including phenoxy) is 1. The largest absolute Gasteiger partial charge is 0.453 e. The zero-order chi connectivity index (χ0) is 13.8. The first-order valence-electron chi connectivity index (χ1n) is 5.21. The molecule has 0 N–H and O–H groups in total. The van der Waals surface area contributed by atoms with E-state index in [1.807, 2.05) is 12.1 Å².